The molecule has 0 radical (unpaired) electrons. The molecule has 2 atom stereocenters. The molecule has 8 nitrogen and oxygen atoms in total. The fourth-order valence-corrected chi connectivity index (χ4v) is 4.69. The Hall–Kier alpha value is -2.45. The van der Waals surface area contributed by atoms with Crippen LogP contribution in [0.5, 0.6) is 0 Å². The third kappa shape index (κ3) is 6.07. The van der Waals surface area contributed by atoms with E-state index in [4.69, 9.17) is 4.74 Å². The lowest BCUT2D eigenvalue weighted by molar-refractivity contribution is 0.176. The predicted octanol–water partition coefficient (Wildman–Crippen LogP) is 2.34. The van der Waals surface area contributed by atoms with Crippen molar-refractivity contribution in [3.05, 3.63) is 47.0 Å². The maximum atomic E-state index is 5.15. The number of hydrogen-bond acceptors (Lipinski definition) is 5. The molecule has 2 aliphatic heterocycles. The lowest BCUT2D eigenvalue weighted by Crippen LogP contribution is -2.46. The summed E-state index contributed by atoms with van der Waals surface area (Å²) in [5.74, 6) is 3.43. The second-order valence-electron chi connectivity index (χ2n) is 9.16. The molecular formula is C24H37N7O. The normalized spacial score (nSPS) is 21.9. The fraction of sp³-hybridized carbons (Fsp3) is 0.625. The molecule has 2 aliphatic rings. The van der Waals surface area contributed by atoms with Crippen LogP contribution < -0.4 is 10.6 Å². The van der Waals surface area contributed by atoms with Gasteiger partial charge in [-0.2, -0.15) is 5.10 Å². The highest BCUT2D eigenvalue weighted by molar-refractivity contribution is 5.79. The first-order valence-corrected chi connectivity index (χ1v) is 11.8. The number of benzene rings is 1. The number of ether oxygens (including phenoxy) is 1. The van der Waals surface area contributed by atoms with Crippen molar-refractivity contribution in [1.82, 2.24) is 30.3 Å². The molecule has 32 heavy (non-hydrogen) atoms. The van der Waals surface area contributed by atoms with E-state index in [0.717, 1.165) is 56.0 Å². The van der Waals surface area contributed by atoms with Crippen molar-refractivity contribution < 1.29 is 4.74 Å². The molecule has 3 heterocycles. The van der Waals surface area contributed by atoms with Gasteiger partial charge in [0.25, 0.3) is 0 Å². The van der Waals surface area contributed by atoms with Crippen molar-refractivity contribution in [1.29, 1.82) is 0 Å². The van der Waals surface area contributed by atoms with E-state index in [2.05, 4.69) is 61.8 Å². The van der Waals surface area contributed by atoms with Gasteiger partial charge in [-0.1, -0.05) is 31.2 Å². The van der Waals surface area contributed by atoms with Crippen molar-refractivity contribution in [2.24, 2.45) is 10.9 Å². The van der Waals surface area contributed by atoms with Gasteiger partial charge in [0.2, 0.25) is 0 Å². The molecule has 2 aromatic rings. The van der Waals surface area contributed by atoms with E-state index in [-0.39, 0.29) is 6.04 Å². The van der Waals surface area contributed by atoms with Crippen LogP contribution in [0.1, 0.15) is 49.0 Å². The second-order valence-corrected chi connectivity index (χ2v) is 9.16. The van der Waals surface area contributed by atoms with E-state index >= 15 is 0 Å². The number of aliphatic imine (C=N–C) groups is 1. The second kappa shape index (κ2) is 10.9. The largest absolute Gasteiger partial charge is 0.377 e. The van der Waals surface area contributed by atoms with Gasteiger partial charge in [0, 0.05) is 46.3 Å². The number of rotatable bonds is 7. The molecule has 0 bridgehead atoms. The molecule has 2 unspecified atom stereocenters. The van der Waals surface area contributed by atoms with E-state index in [1.54, 1.807) is 7.11 Å². The molecule has 1 fully saturated rings. The van der Waals surface area contributed by atoms with Gasteiger partial charge in [-0.3, -0.25) is 9.89 Å². The minimum absolute atomic E-state index is 0.278. The summed E-state index contributed by atoms with van der Waals surface area (Å²) in [6.07, 6.45) is 4.60. The first-order valence-electron chi connectivity index (χ1n) is 11.8. The van der Waals surface area contributed by atoms with E-state index < -0.39 is 0 Å². The molecule has 0 amide bonds. The van der Waals surface area contributed by atoms with E-state index in [1.807, 2.05) is 11.7 Å². The van der Waals surface area contributed by atoms with Crippen LogP contribution in [0.2, 0.25) is 0 Å². The first-order chi connectivity index (χ1) is 15.6. The van der Waals surface area contributed by atoms with Crippen LogP contribution in [0.4, 0.5) is 0 Å². The Morgan fingerprint density at radius 1 is 1.19 bits per heavy atom. The zero-order chi connectivity index (χ0) is 22.3. The quantitative estimate of drug-likeness (QED) is 0.509. The van der Waals surface area contributed by atoms with Gasteiger partial charge in [0.15, 0.2) is 11.8 Å². The number of hydrogen-bond donors (Lipinski definition) is 2. The monoisotopic (exact) mass is 439 g/mol. The molecule has 174 valence electrons. The van der Waals surface area contributed by atoms with Crippen molar-refractivity contribution in [2.45, 2.75) is 64.9 Å². The van der Waals surface area contributed by atoms with Gasteiger partial charge in [-0.05, 0) is 42.9 Å². The Morgan fingerprint density at radius 2 is 2.00 bits per heavy atom. The number of aryl methyl sites for hydroxylation is 1. The Labute approximate surface area is 191 Å². The smallest absolute Gasteiger partial charge is 0.191 e. The lowest BCUT2D eigenvalue weighted by Gasteiger charge is -2.30. The Bertz CT molecular complexity index is 892. The van der Waals surface area contributed by atoms with Crippen molar-refractivity contribution in [2.75, 3.05) is 27.2 Å². The molecule has 2 N–H and O–H groups in total. The summed E-state index contributed by atoms with van der Waals surface area (Å²) < 4.78 is 7.14. The number of fused-ring (bicyclic) bond motifs is 1. The summed E-state index contributed by atoms with van der Waals surface area (Å²) in [6.45, 7) is 7.85. The maximum Gasteiger partial charge on any atom is 0.191 e. The van der Waals surface area contributed by atoms with Crippen LogP contribution in [0, 0.1) is 5.92 Å². The van der Waals surface area contributed by atoms with Crippen LogP contribution in [-0.2, 0) is 37.4 Å². The average Bonchev–Trinajstić information content (AvgIpc) is 3.19. The number of piperidine rings is 1. The van der Waals surface area contributed by atoms with Crippen molar-refractivity contribution in [3.63, 3.8) is 0 Å². The summed E-state index contributed by atoms with van der Waals surface area (Å²) in [5, 5.41) is 11.5. The molecular weight excluding hydrogens is 402 g/mol. The standard InChI is InChI=1S/C24H37N7O/c1-18-5-4-12-30(14-18)15-20-8-6-19(7-9-20)13-26-24(25-2)27-21-10-11-23-28-22(17-32-3)29-31(23)16-21/h6-9,18,21H,4-5,10-17H2,1-3H3,(H2,25,26,27). The van der Waals surface area contributed by atoms with Crippen LogP contribution >= 0.6 is 0 Å². The van der Waals surface area contributed by atoms with Gasteiger partial charge < -0.3 is 15.4 Å². The zero-order valence-corrected chi connectivity index (χ0v) is 19.7. The average molecular weight is 440 g/mol. The number of guanidine groups is 1. The van der Waals surface area contributed by atoms with Gasteiger partial charge in [0.1, 0.15) is 12.4 Å². The van der Waals surface area contributed by atoms with Crippen LogP contribution in [-0.4, -0.2) is 58.9 Å². The van der Waals surface area contributed by atoms with Crippen LogP contribution in [0.3, 0.4) is 0 Å². The van der Waals surface area contributed by atoms with Crippen LogP contribution in [0.25, 0.3) is 0 Å². The molecule has 1 saturated heterocycles. The molecule has 0 spiro atoms. The highest BCUT2D eigenvalue weighted by atomic mass is 16.5. The molecule has 0 saturated carbocycles. The number of nitrogens with zero attached hydrogens (tertiary/aromatic N) is 5. The van der Waals surface area contributed by atoms with Gasteiger partial charge in [0.05, 0.1) is 6.54 Å². The summed E-state index contributed by atoms with van der Waals surface area (Å²) >= 11 is 0. The number of nitrogens with one attached hydrogen (secondary N) is 2. The van der Waals surface area contributed by atoms with Gasteiger partial charge in [-0.25, -0.2) is 9.67 Å². The summed E-state index contributed by atoms with van der Waals surface area (Å²) in [4.78, 5) is 11.5. The van der Waals surface area contributed by atoms with Crippen molar-refractivity contribution in [3.8, 4) is 0 Å². The molecule has 1 aromatic carbocycles. The zero-order valence-electron chi connectivity index (χ0n) is 19.7. The predicted molar refractivity (Wildman–Crippen MR) is 126 cm³/mol. The minimum Gasteiger partial charge on any atom is -0.377 e. The minimum atomic E-state index is 0.278. The topological polar surface area (TPSA) is 79.6 Å². The Morgan fingerprint density at radius 3 is 2.75 bits per heavy atom. The molecule has 4 rings (SSSR count). The number of methoxy groups -OCH3 is 1. The van der Waals surface area contributed by atoms with Gasteiger partial charge >= 0.3 is 0 Å². The lowest BCUT2D eigenvalue weighted by atomic mass is 9.99. The summed E-state index contributed by atoms with van der Waals surface area (Å²) in [5.41, 5.74) is 2.65. The summed E-state index contributed by atoms with van der Waals surface area (Å²) in [7, 11) is 3.49. The number of aromatic nitrogens is 3. The third-order valence-corrected chi connectivity index (χ3v) is 6.37. The maximum absolute atomic E-state index is 5.15. The van der Waals surface area contributed by atoms with Crippen molar-refractivity contribution >= 4 is 5.96 Å². The molecule has 8 heteroatoms. The third-order valence-electron chi connectivity index (χ3n) is 6.37. The molecule has 0 aliphatic carbocycles. The highest BCUT2D eigenvalue weighted by Crippen LogP contribution is 2.18. The number of likely N-dealkylation sites (tertiary alicyclic amines) is 1. The van der Waals surface area contributed by atoms with E-state index in [9.17, 15) is 0 Å². The fourth-order valence-electron chi connectivity index (χ4n) is 4.69. The SMILES string of the molecule is CN=C(NCc1ccc(CN2CCCC(C)C2)cc1)NC1CCc2nc(COC)nn2C1. The van der Waals surface area contributed by atoms with E-state index in [0.29, 0.717) is 6.61 Å². The van der Waals surface area contributed by atoms with Crippen LogP contribution in [0.15, 0.2) is 29.3 Å². The first kappa shape index (κ1) is 22.7. The highest BCUT2D eigenvalue weighted by Gasteiger charge is 2.22. The Balaban J connectivity index is 1.24. The molecule has 1 aromatic heterocycles. The van der Waals surface area contributed by atoms with E-state index in [1.165, 1.54) is 37.1 Å². The summed E-state index contributed by atoms with van der Waals surface area (Å²) in [6, 6.07) is 9.25. The Kier molecular flexibility index (Phi) is 7.76. The van der Waals surface area contributed by atoms with Gasteiger partial charge in [-0.15, -0.1) is 0 Å².